The van der Waals surface area contributed by atoms with Gasteiger partial charge in [0.1, 0.15) is 6.61 Å². The molecular formula is C15H29F2NO2. The maximum absolute atomic E-state index is 12.1. The molecule has 1 aliphatic rings. The Morgan fingerprint density at radius 3 is 2.40 bits per heavy atom. The molecule has 1 fully saturated rings. The molecule has 120 valence electrons. The summed E-state index contributed by atoms with van der Waals surface area (Å²) in [4.78, 5) is 0. The largest absolute Gasteiger partial charge is 0.375 e. The summed E-state index contributed by atoms with van der Waals surface area (Å²) in [7, 11) is 0. The monoisotopic (exact) mass is 293 g/mol. The van der Waals surface area contributed by atoms with Gasteiger partial charge >= 0.3 is 0 Å². The standard InChI is InChI=1S/C15H29F2NO2/c1-6-18-12(7-8-19-10-13(16)17)11-9-14(2,3)20-15(11,4)5/h11-13,18H,6-10H2,1-5H3. The van der Waals surface area contributed by atoms with Gasteiger partial charge in [-0.05, 0) is 47.1 Å². The van der Waals surface area contributed by atoms with Crippen LogP contribution in [0.25, 0.3) is 0 Å². The van der Waals surface area contributed by atoms with Crippen molar-refractivity contribution in [2.75, 3.05) is 19.8 Å². The Morgan fingerprint density at radius 2 is 1.95 bits per heavy atom. The van der Waals surface area contributed by atoms with E-state index in [4.69, 9.17) is 9.47 Å². The van der Waals surface area contributed by atoms with Gasteiger partial charge in [0.15, 0.2) is 0 Å². The Balaban J connectivity index is 2.56. The highest BCUT2D eigenvalue weighted by Gasteiger charge is 2.48. The zero-order valence-electron chi connectivity index (χ0n) is 13.3. The minimum absolute atomic E-state index is 0.133. The predicted molar refractivity (Wildman–Crippen MR) is 76.3 cm³/mol. The number of rotatable bonds is 8. The van der Waals surface area contributed by atoms with E-state index in [-0.39, 0.29) is 17.2 Å². The molecule has 0 aromatic carbocycles. The number of hydrogen-bond acceptors (Lipinski definition) is 3. The van der Waals surface area contributed by atoms with Crippen molar-refractivity contribution in [2.24, 2.45) is 5.92 Å². The van der Waals surface area contributed by atoms with Gasteiger partial charge in [-0.2, -0.15) is 0 Å². The van der Waals surface area contributed by atoms with Gasteiger partial charge in [-0.25, -0.2) is 8.78 Å². The molecule has 0 radical (unpaired) electrons. The van der Waals surface area contributed by atoms with Crippen LogP contribution >= 0.6 is 0 Å². The van der Waals surface area contributed by atoms with Gasteiger partial charge in [0.25, 0.3) is 6.43 Å². The van der Waals surface area contributed by atoms with E-state index < -0.39 is 13.0 Å². The summed E-state index contributed by atoms with van der Waals surface area (Å²) in [6, 6.07) is 0.231. The lowest BCUT2D eigenvalue weighted by atomic mass is 9.80. The van der Waals surface area contributed by atoms with Gasteiger partial charge in [-0.15, -0.1) is 0 Å². The molecule has 0 amide bonds. The molecular weight excluding hydrogens is 264 g/mol. The smallest absolute Gasteiger partial charge is 0.261 e. The highest BCUT2D eigenvalue weighted by Crippen LogP contribution is 2.44. The quantitative estimate of drug-likeness (QED) is 0.697. The van der Waals surface area contributed by atoms with Crippen LogP contribution in [-0.2, 0) is 9.47 Å². The van der Waals surface area contributed by atoms with Gasteiger partial charge < -0.3 is 14.8 Å². The predicted octanol–water partition coefficient (Wildman–Crippen LogP) is 3.23. The molecule has 0 saturated carbocycles. The van der Waals surface area contributed by atoms with Gasteiger partial charge in [-0.1, -0.05) is 6.92 Å². The van der Waals surface area contributed by atoms with E-state index in [0.717, 1.165) is 19.4 Å². The number of halogens is 2. The van der Waals surface area contributed by atoms with Crippen LogP contribution in [0.15, 0.2) is 0 Å². The van der Waals surface area contributed by atoms with Crippen LogP contribution in [0.1, 0.15) is 47.5 Å². The topological polar surface area (TPSA) is 30.5 Å². The molecule has 5 heteroatoms. The van der Waals surface area contributed by atoms with Crippen molar-refractivity contribution < 1.29 is 18.3 Å². The normalized spacial score (nSPS) is 26.1. The average molecular weight is 293 g/mol. The van der Waals surface area contributed by atoms with Crippen molar-refractivity contribution in [1.29, 1.82) is 0 Å². The second-order valence-electron chi connectivity index (χ2n) is 6.69. The molecule has 1 N–H and O–H groups in total. The third-order valence-electron chi connectivity index (χ3n) is 3.91. The molecule has 0 bridgehead atoms. The fourth-order valence-electron chi connectivity index (χ4n) is 3.32. The van der Waals surface area contributed by atoms with Crippen LogP contribution in [0.5, 0.6) is 0 Å². The maximum atomic E-state index is 12.1. The van der Waals surface area contributed by atoms with Crippen LogP contribution in [0.3, 0.4) is 0 Å². The first-order chi connectivity index (χ1) is 9.18. The molecule has 1 saturated heterocycles. The fourth-order valence-corrected chi connectivity index (χ4v) is 3.32. The third kappa shape index (κ3) is 5.26. The van der Waals surface area contributed by atoms with E-state index in [0.29, 0.717) is 12.5 Å². The molecule has 0 aromatic heterocycles. The van der Waals surface area contributed by atoms with Crippen LogP contribution in [0.4, 0.5) is 8.78 Å². The van der Waals surface area contributed by atoms with Gasteiger partial charge in [0.05, 0.1) is 11.2 Å². The third-order valence-corrected chi connectivity index (χ3v) is 3.91. The van der Waals surface area contributed by atoms with Crippen molar-refractivity contribution in [3.05, 3.63) is 0 Å². The summed E-state index contributed by atoms with van der Waals surface area (Å²) in [5.41, 5.74) is -0.343. The lowest BCUT2D eigenvalue weighted by Crippen LogP contribution is -2.44. The Hall–Kier alpha value is -0.260. The molecule has 3 nitrogen and oxygen atoms in total. The fraction of sp³-hybridized carbons (Fsp3) is 1.00. The molecule has 2 unspecified atom stereocenters. The van der Waals surface area contributed by atoms with Crippen LogP contribution < -0.4 is 5.32 Å². The molecule has 1 aliphatic heterocycles. The lowest BCUT2D eigenvalue weighted by molar-refractivity contribution is -0.0788. The minimum atomic E-state index is -2.39. The van der Waals surface area contributed by atoms with E-state index in [1.54, 1.807) is 0 Å². The number of alkyl halides is 2. The summed E-state index contributed by atoms with van der Waals surface area (Å²) in [5.74, 6) is 0.354. The van der Waals surface area contributed by atoms with Crippen LogP contribution in [-0.4, -0.2) is 43.4 Å². The molecule has 0 aromatic rings. The van der Waals surface area contributed by atoms with E-state index in [1.807, 2.05) is 0 Å². The first-order valence-corrected chi connectivity index (χ1v) is 7.47. The summed E-state index contributed by atoms with van der Waals surface area (Å²) >= 11 is 0. The summed E-state index contributed by atoms with van der Waals surface area (Å²) in [6.07, 6.45) is -0.696. The van der Waals surface area contributed by atoms with E-state index in [9.17, 15) is 8.78 Å². The second-order valence-corrected chi connectivity index (χ2v) is 6.69. The number of hydrogen-bond donors (Lipinski definition) is 1. The molecule has 1 rings (SSSR count). The minimum Gasteiger partial charge on any atom is -0.375 e. The molecule has 2 atom stereocenters. The molecule has 20 heavy (non-hydrogen) atoms. The maximum Gasteiger partial charge on any atom is 0.261 e. The summed E-state index contributed by atoms with van der Waals surface area (Å²) in [5, 5.41) is 3.46. The Morgan fingerprint density at radius 1 is 1.30 bits per heavy atom. The van der Waals surface area contributed by atoms with Crippen molar-refractivity contribution in [1.82, 2.24) is 5.32 Å². The van der Waals surface area contributed by atoms with E-state index in [1.165, 1.54) is 0 Å². The van der Waals surface area contributed by atoms with Crippen molar-refractivity contribution in [2.45, 2.75) is 71.1 Å². The average Bonchev–Trinajstić information content (AvgIpc) is 2.51. The molecule has 1 heterocycles. The van der Waals surface area contributed by atoms with Crippen molar-refractivity contribution in [3.63, 3.8) is 0 Å². The lowest BCUT2D eigenvalue weighted by Gasteiger charge is -2.33. The van der Waals surface area contributed by atoms with Gasteiger partial charge in [0, 0.05) is 18.6 Å². The van der Waals surface area contributed by atoms with Gasteiger partial charge in [0.2, 0.25) is 0 Å². The van der Waals surface area contributed by atoms with E-state index >= 15 is 0 Å². The summed E-state index contributed by atoms with van der Waals surface area (Å²) in [6.45, 7) is 11.2. The highest BCUT2D eigenvalue weighted by molar-refractivity contribution is 4.99. The van der Waals surface area contributed by atoms with Crippen molar-refractivity contribution >= 4 is 0 Å². The Bertz CT molecular complexity index is 296. The SMILES string of the molecule is CCNC(CCOCC(F)F)C1CC(C)(C)OC1(C)C. The highest BCUT2D eigenvalue weighted by atomic mass is 19.3. The zero-order chi connectivity index (χ0) is 15.4. The summed E-state index contributed by atoms with van der Waals surface area (Å²) < 4.78 is 35.3. The molecule has 0 aliphatic carbocycles. The van der Waals surface area contributed by atoms with Crippen LogP contribution in [0, 0.1) is 5.92 Å². The number of ether oxygens (including phenoxy) is 2. The van der Waals surface area contributed by atoms with E-state index in [2.05, 4.69) is 39.9 Å². The Labute approximate surface area is 121 Å². The number of nitrogens with one attached hydrogen (secondary N) is 1. The zero-order valence-corrected chi connectivity index (χ0v) is 13.3. The Kier molecular flexibility index (Phi) is 6.35. The van der Waals surface area contributed by atoms with Gasteiger partial charge in [-0.3, -0.25) is 0 Å². The second kappa shape index (κ2) is 7.14. The van der Waals surface area contributed by atoms with Crippen molar-refractivity contribution in [3.8, 4) is 0 Å². The molecule has 0 spiro atoms. The van der Waals surface area contributed by atoms with Crippen LogP contribution in [0.2, 0.25) is 0 Å². The first-order valence-electron chi connectivity index (χ1n) is 7.47. The first kappa shape index (κ1) is 17.8.